The summed E-state index contributed by atoms with van der Waals surface area (Å²) >= 11 is 0. The number of hydrogen-bond acceptors (Lipinski definition) is 4. The van der Waals surface area contributed by atoms with Gasteiger partial charge in [-0.2, -0.15) is 0 Å². The van der Waals surface area contributed by atoms with Gasteiger partial charge in [-0.05, 0) is 31.2 Å². The molecule has 0 bridgehead atoms. The van der Waals surface area contributed by atoms with Crippen LogP contribution >= 0.6 is 0 Å². The Morgan fingerprint density at radius 1 is 1.38 bits per heavy atom. The van der Waals surface area contributed by atoms with E-state index in [2.05, 4.69) is 5.32 Å². The van der Waals surface area contributed by atoms with E-state index in [0.29, 0.717) is 18.0 Å². The Bertz CT molecular complexity index is 674. The lowest BCUT2D eigenvalue weighted by atomic mass is 10.1. The van der Waals surface area contributed by atoms with E-state index in [4.69, 9.17) is 15.6 Å². The van der Waals surface area contributed by atoms with E-state index >= 15 is 0 Å². The van der Waals surface area contributed by atoms with Crippen LogP contribution in [0, 0.1) is 5.82 Å². The molecule has 0 fully saturated rings. The van der Waals surface area contributed by atoms with Crippen molar-refractivity contribution in [2.24, 2.45) is 0 Å². The van der Waals surface area contributed by atoms with Gasteiger partial charge in [0.15, 0.2) is 0 Å². The minimum atomic E-state index is -1.21. The third kappa shape index (κ3) is 3.42. The molecule has 21 heavy (non-hydrogen) atoms. The first kappa shape index (κ1) is 14.6. The Kier molecular flexibility index (Phi) is 4.27. The van der Waals surface area contributed by atoms with Gasteiger partial charge in [0.1, 0.15) is 11.6 Å². The number of anilines is 3. The number of nitrogens with one attached hydrogen (secondary N) is 1. The molecule has 2 aromatic carbocycles. The number of halogens is 1. The fourth-order valence-electron chi connectivity index (χ4n) is 1.86. The van der Waals surface area contributed by atoms with Crippen LogP contribution in [0.4, 0.5) is 21.5 Å². The molecule has 0 aliphatic rings. The van der Waals surface area contributed by atoms with E-state index < -0.39 is 11.8 Å². The molecule has 0 saturated heterocycles. The normalized spacial score (nSPS) is 10.2. The highest BCUT2D eigenvalue weighted by molar-refractivity contribution is 5.95. The van der Waals surface area contributed by atoms with Crippen LogP contribution in [-0.4, -0.2) is 17.7 Å². The standard InChI is InChI=1S/C15H15FN2O3/c1-2-21-10-5-3-4-9(6-10)18-14-7-11(15(19)20)13(17)8-12(14)16/h3-8,18H,2,17H2,1H3,(H,19,20). The number of aromatic carboxylic acids is 1. The largest absolute Gasteiger partial charge is 0.494 e. The quantitative estimate of drug-likeness (QED) is 0.736. The lowest BCUT2D eigenvalue weighted by Crippen LogP contribution is -2.05. The van der Waals surface area contributed by atoms with Crippen molar-refractivity contribution in [1.29, 1.82) is 0 Å². The molecule has 0 aliphatic carbocycles. The maximum atomic E-state index is 13.9. The molecule has 6 heteroatoms. The summed E-state index contributed by atoms with van der Waals surface area (Å²) in [5.74, 6) is -1.20. The van der Waals surface area contributed by atoms with Gasteiger partial charge in [-0.1, -0.05) is 6.07 Å². The smallest absolute Gasteiger partial charge is 0.337 e. The Morgan fingerprint density at radius 2 is 2.14 bits per heavy atom. The average molecular weight is 290 g/mol. The van der Waals surface area contributed by atoms with Crippen molar-refractivity contribution < 1.29 is 19.0 Å². The lowest BCUT2D eigenvalue weighted by Gasteiger charge is -2.11. The van der Waals surface area contributed by atoms with E-state index in [0.717, 1.165) is 6.07 Å². The molecule has 2 rings (SSSR count). The topological polar surface area (TPSA) is 84.6 Å². The summed E-state index contributed by atoms with van der Waals surface area (Å²) in [5, 5.41) is 11.8. The Morgan fingerprint density at radius 3 is 2.81 bits per heavy atom. The second kappa shape index (κ2) is 6.13. The summed E-state index contributed by atoms with van der Waals surface area (Å²) in [5.41, 5.74) is 5.83. The van der Waals surface area contributed by atoms with Gasteiger partial charge in [-0.25, -0.2) is 9.18 Å². The molecule has 5 nitrogen and oxygen atoms in total. The third-order valence-electron chi connectivity index (χ3n) is 2.79. The molecule has 0 atom stereocenters. The molecule has 0 spiro atoms. The van der Waals surface area contributed by atoms with E-state index in [1.807, 2.05) is 6.92 Å². The van der Waals surface area contributed by atoms with Crippen LogP contribution in [0.3, 0.4) is 0 Å². The van der Waals surface area contributed by atoms with Crippen molar-refractivity contribution in [2.75, 3.05) is 17.7 Å². The molecule has 0 heterocycles. The van der Waals surface area contributed by atoms with E-state index in [-0.39, 0.29) is 16.9 Å². The minimum absolute atomic E-state index is 0.0373. The van der Waals surface area contributed by atoms with Crippen molar-refractivity contribution in [2.45, 2.75) is 6.92 Å². The zero-order valence-corrected chi connectivity index (χ0v) is 11.4. The first-order chi connectivity index (χ1) is 10.0. The summed E-state index contributed by atoms with van der Waals surface area (Å²) in [6, 6.07) is 9.09. The van der Waals surface area contributed by atoms with Crippen molar-refractivity contribution in [3.05, 3.63) is 47.8 Å². The van der Waals surface area contributed by atoms with Crippen LogP contribution in [0.15, 0.2) is 36.4 Å². The Balaban J connectivity index is 2.33. The molecule has 0 saturated carbocycles. The van der Waals surface area contributed by atoms with Crippen LogP contribution in [0.2, 0.25) is 0 Å². The van der Waals surface area contributed by atoms with Gasteiger partial charge in [0.2, 0.25) is 0 Å². The monoisotopic (exact) mass is 290 g/mol. The lowest BCUT2D eigenvalue weighted by molar-refractivity contribution is 0.0698. The Hall–Kier alpha value is -2.76. The van der Waals surface area contributed by atoms with Crippen LogP contribution < -0.4 is 15.8 Å². The molecule has 0 radical (unpaired) electrons. The summed E-state index contributed by atoms with van der Waals surface area (Å²) in [6.45, 7) is 2.38. The molecular formula is C15H15FN2O3. The predicted molar refractivity (Wildman–Crippen MR) is 78.7 cm³/mol. The summed E-state index contributed by atoms with van der Waals surface area (Å²) in [7, 11) is 0. The number of hydrogen-bond donors (Lipinski definition) is 3. The summed E-state index contributed by atoms with van der Waals surface area (Å²) in [4.78, 5) is 11.0. The molecule has 4 N–H and O–H groups in total. The van der Waals surface area contributed by atoms with Gasteiger partial charge in [0, 0.05) is 17.4 Å². The highest BCUT2D eigenvalue weighted by Gasteiger charge is 2.13. The molecule has 0 aromatic heterocycles. The fourth-order valence-corrected chi connectivity index (χ4v) is 1.86. The number of carboxylic acid groups (broad SMARTS) is 1. The third-order valence-corrected chi connectivity index (χ3v) is 2.79. The number of carbonyl (C=O) groups is 1. The second-order valence-corrected chi connectivity index (χ2v) is 4.31. The summed E-state index contributed by atoms with van der Waals surface area (Å²) < 4.78 is 19.2. The van der Waals surface area contributed by atoms with Gasteiger partial charge < -0.3 is 20.9 Å². The maximum Gasteiger partial charge on any atom is 0.337 e. The van der Waals surface area contributed by atoms with Crippen molar-refractivity contribution >= 4 is 23.0 Å². The average Bonchev–Trinajstić information content (AvgIpc) is 2.42. The van der Waals surface area contributed by atoms with E-state index in [9.17, 15) is 9.18 Å². The SMILES string of the molecule is CCOc1cccc(Nc2cc(C(=O)O)c(N)cc2F)c1. The van der Waals surface area contributed by atoms with Crippen molar-refractivity contribution in [3.8, 4) is 5.75 Å². The zero-order valence-electron chi connectivity index (χ0n) is 11.4. The van der Waals surface area contributed by atoms with Gasteiger partial charge >= 0.3 is 5.97 Å². The molecule has 0 aliphatic heterocycles. The first-order valence-corrected chi connectivity index (χ1v) is 6.33. The predicted octanol–water partition coefficient (Wildman–Crippen LogP) is 3.25. The molecule has 110 valence electrons. The number of nitrogens with two attached hydrogens (primary N) is 1. The van der Waals surface area contributed by atoms with Gasteiger partial charge in [0.25, 0.3) is 0 Å². The molecule has 0 amide bonds. The number of rotatable bonds is 5. The second-order valence-electron chi connectivity index (χ2n) is 4.31. The maximum absolute atomic E-state index is 13.9. The van der Waals surface area contributed by atoms with Gasteiger partial charge in [-0.3, -0.25) is 0 Å². The van der Waals surface area contributed by atoms with E-state index in [1.54, 1.807) is 24.3 Å². The van der Waals surface area contributed by atoms with E-state index in [1.165, 1.54) is 6.07 Å². The number of nitrogen functional groups attached to an aromatic ring is 1. The number of benzene rings is 2. The molecular weight excluding hydrogens is 275 g/mol. The van der Waals surface area contributed by atoms with Crippen LogP contribution in [0.5, 0.6) is 5.75 Å². The molecule has 0 unspecified atom stereocenters. The van der Waals surface area contributed by atoms with Gasteiger partial charge in [0.05, 0.1) is 17.9 Å². The highest BCUT2D eigenvalue weighted by atomic mass is 19.1. The molecule has 2 aromatic rings. The zero-order chi connectivity index (χ0) is 15.4. The number of carboxylic acids is 1. The van der Waals surface area contributed by atoms with Crippen molar-refractivity contribution in [1.82, 2.24) is 0 Å². The fraction of sp³-hybridized carbons (Fsp3) is 0.133. The number of ether oxygens (including phenoxy) is 1. The summed E-state index contributed by atoms with van der Waals surface area (Å²) in [6.07, 6.45) is 0. The van der Waals surface area contributed by atoms with Gasteiger partial charge in [-0.15, -0.1) is 0 Å². The van der Waals surface area contributed by atoms with Crippen molar-refractivity contribution in [3.63, 3.8) is 0 Å². The highest BCUT2D eigenvalue weighted by Crippen LogP contribution is 2.27. The minimum Gasteiger partial charge on any atom is -0.494 e. The van der Waals surface area contributed by atoms with Crippen LogP contribution in [-0.2, 0) is 0 Å². The Labute approximate surface area is 121 Å². The van der Waals surface area contributed by atoms with Crippen LogP contribution in [0.1, 0.15) is 17.3 Å². The van der Waals surface area contributed by atoms with Crippen LogP contribution in [0.25, 0.3) is 0 Å². The first-order valence-electron chi connectivity index (χ1n) is 6.33.